The predicted octanol–water partition coefficient (Wildman–Crippen LogP) is 2.24. The Morgan fingerprint density at radius 2 is 2.27 bits per heavy atom. The predicted molar refractivity (Wildman–Crippen MR) is 46.4 cm³/mol. The molecule has 0 aliphatic carbocycles. The number of aromatic nitrogens is 2. The van der Waals surface area contributed by atoms with Crippen molar-refractivity contribution in [2.24, 2.45) is 5.92 Å². The number of hydrogen-bond acceptors (Lipinski definition) is 1. The number of aryl methyl sites for hydroxylation is 2. The summed E-state index contributed by atoms with van der Waals surface area (Å²) in [7, 11) is 0. The van der Waals surface area contributed by atoms with E-state index < -0.39 is 0 Å². The van der Waals surface area contributed by atoms with Crippen molar-refractivity contribution in [1.82, 2.24) is 9.78 Å². The lowest BCUT2D eigenvalue weighted by molar-refractivity contribution is 0.485. The Labute approximate surface area is 68.2 Å². The van der Waals surface area contributed by atoms with Crippen LogP contribution < -0.4 is 0 Å². The standard InChI is InChI=1S/C9H16N2/c1-8(2)4-6-11-7-5-9(3)10-11/h5,7-8H,4,6H2,1-3H3. The summed E-state index contributed by atoms with van der Waals surface area (Å²) in [5.74, 6) is 0.763. The molecule has 0 amide bonds. The Hall–Kier alpha value is -0.790. The highest BCUT2D eigenvalue weighted by Gasteiger charge is 1.96. The Kier molecular flexibility index (Phi) is 2.69. The molecule has 1 heterocycles. The fourth-order valence-electron chi connectivity index (χ4n) is 0.978. The third-order valence-corrected chi connectivity index (χ3v) is 1.71. The number of nitrogens with zero attached hydrogens (tertiary/aromatic N) is 2. The maximum Gasteiger partial charge on any atom is 0.0593 e. The average molecular weight is 152 g/mol. The van der Waals surface area contributed by atoms with Crippen molar-refractivity contribution in [2.75, 3.05) is 0 Å². The smallest absolute Gasteiger partial charge is 0.0593 e. The Morgan fingerprint density at radius 3 is 2.73 bits per heavy atom. The molecule has 2 nitrogen and oxygen atoms in total. The molecule has 0 aliphatic heterocycles. The second-order valence-corrected chi connectivity index (χ2v) is 3.40. The maximum absolute atomic E-state index is 4.30. The molecule has 2 heteroatoms. The lowest BCUT2D eigenvalue weighted by Gasteiger charge is -2.03. The summed E-state index contributed by atoms with van der Waals surface area (Å²) in [6, 6.07) is 2.04. The van der Waals surface area contributed by atoms with Crippen LogP contribution in [0, 0.1) is 12.8 Å². The summed E-state index contributed by atoms with van der Waals surface area (Å²) in [5.41, 5.74) is 1.11. The van der Waals surface area contributed by atoms with Crippen LogP contribution >= 0.6 is 0 Å². The molecule has 0 aromatic carbocycles. The van der Waals surface area contributed by atoms with Crippen molar-refractivity contribution in [1.29, 1.82) is 0 Å². The first-order valence-corrected chi connectivity index (χ1v) is 4.18. The van der Waals surface area contributed by atoms with Crippen LogP contribution in [0.25, 0.3) is 0 Å². The molecule has 1 aromatic rings. The maximum atomic E-state index is 4.30. The van der Waals surface area contributed by atoms with Gasteiger partial charge in [0.25, 0.3) is 0 Å². The van der Waals surface area contributed by atoms with Crippen LogP contribution in [0.2, 0.25) is 0 Å². The third kappa shape index (κ3) is 2.74. The van der Waals surface area contributed by atoms with E-state index in [1.807, 2.05) is 23.9 Å². The van der Waals surface area contributed by atoms with Crippen molar-refractivity contribution in [3.05, 3.63) is 18.0 Å². The van der Waals surface area contributed by atoms with E-state index in [1.165, 1.54) is 6.42 Å². The minimum Gasteiger partial charge on any atom is -0.272 e. The average Bonchev–Trinajstić information content (AvgIpc) is 2.31. The molecule has 0 bridgehead atoms. The molecule has 0 spiro atoms. The molecule has 0 saturated heterocycles. The molecule has 0 fully saturated rings. The normalized spacial score (nSPS) is 10.9. The van der Waals surface area contributed by atoms with Gasteiger partial charge in [-0.25, -0.2) is 0 Å². The number of rotatable bonds is 3. The van der Waals surface area contributed by atoms with Crippen LogP contribution in [0.3, 0.4) is 0 Å². The summed E-state index contributed by atoms with van der Waals surface area (Å²) < 4.78 is 2.01. The monoisotopic (exact) mass is 152 g/mol. The lowest BCUT2D eigenvalue weighted by atomic mass is 10.1. The van der Waals surface area contributed by atoms with Gasteiger partial charge in [-0.15, -0.1) is 0 Å². The van der Waals surface area contributed by atoms with Crippen molar-refractivity contribution in [2.45, 2.75) is 33.7 Å². The van der Waals surface area contributed by atoms with Gasteiger partial charge in [0.1, 0.15) is 0 Å². The fourth-order valence-corrected chi connectivity index (χ4v) is 0.978. The van der Waals surface area contributed by atoms with E-state index in [9.17, 15) is 0 Å². The fraction of sp³-hybridized carbons (Fsp3) is 0.667. The summed E-state index contributed by atoms with van der Waals surface area (Å²) in [6.07, 6.45) is 3.25. The largest absolute Gasteiger partial charge is 0.272 e. The SMILES string of the molecule is Cc1ccn(CCC(C)C)n1. The van der Waals surface area contributed by atoms with Gasteiger partial charge in [-0.3, -0.25) is 4.68 Å². The quantitative estimate of drug-likeness (QED) is 0.649. The van der Waals surface area contributed by atoms with Crippen LogP contribution in [0.4, 0.5) is 0 Å². The van der Waals surface area contributed by atoms with Gasteiger partial charge in [-0.2, -0.15) is 5.10 Å². The molecule has 62 valence electrons. The van der Waals surface area contributed by atoms with Gasteiger partial charge in [0.2, 0.25) is 0 Å². The van der Waals surface area contributed by atoms with E-state index in [0.717, 1.165) is 18.2 Å². The molecule has 0 saturated carbocycles. The second-order valence-electron chi connectivity index (χ2n) is 3.40. The Bertz CT molecular complexity index is 213. The van der Waals surface area contributed by atoms with Gasteiger partial charge in [0, 0.05) is 12.7 Å². The van der Waals surface area contributed by atoms with Gasteiger partial charge in [-0.05, 0) is 25.3 Å². The molecular weight excluding hydrogens is 136 g/mol. The van der Waals surface area contributed by atoms with Gasteiger partial charge in [0.15, 0.2) is 0 Å². The topological polar surface area (TPSA) is 17.8 Å². The summed E-state index contributed by atoms with van der Waals surface area (Å²) in [6.45, 7) is 7.53. The van der Waals surface area contributed by atoms with Crippen LogP contribution in [-0.4, -0.2) is 9.78 Å². The minimum absolute atomic E-state index is 0.763. The Balaban J connectivity index is 2.39. The molecule has 11 heavy (non-hydrogen) atoms. The molecule has 1 rings (SSSR count). The van der Waals surface area contributed by atoms with Crippen LogP contribution in [0.1, 0.15) is 26.0 Å². The summed E-state index contributed by atoms with van der Waals surface area (Å²) in [5, 5.41) is 4.30. The van der Waals surface area contributed by atoms with Crippen LogP contribution in [0.5, 0.6) is 0 Å². The van der Waals surface area contributed by atoms with Crippen molar-refractivity contribution >= 4 is 0 Å². The minimum atomic E-state index is 0.763. The van der Waals surface area contributed by atoms with E-state index in [4.69, 9.17) is 0 Å². The molecule has 0 unspecified atom stereocenters. The molecule has 0 radical (unpaired) electrons. The highest BCUT2D eigenvalue weighted by molar-refractivity contribution is 4.94. The van der Waals surface area contributed by atoms with E-state index in [-0.39, 0.29) is 0 Å². The van der Waals surface area contributed by atoms with Crippen molar-refractivity contribution < 1.29 is 0 Å². The van der Waals surface area contributed by atoms with E-state index in [1.54, 1.807) is 0 Å². The molecular formula is C9H16N2. The van der Waals surface area contributed by atoms with Gasteiger partial charge in [-0.1, -0.05) is 13.8 Å². The third-order valence-electron chi connectivity index (χ3n) is 1.71. The highest BCUT2D eigenvalue weighted by Crippen LogP contribution is 2.02. The highest BCUT2D eigenvalue weighted by atomic mass is 15.3. The summed E-state index contributed by atoms with van der Waals surface area (Å²) >= 11 is 0. The van der Waals surface area contributed by atoms with Crippen molar-refractivity contribution in [3.63, 3.8) is 0 Å². The van der Waals surface area contributed by atoms with E-state index in [0.29, 0.717) is 0 Å². The van der Waals surface area contributed by atoms with Crippen LogP contribution in [0.15, 0.2) is 12.3 Å². The number of hydrogen-bond donors (Lipinski definition) is 0. The zero-order valence-electron chi connectivity index (χ0n) is 7.54. The molecule has 0 aliphatic rings. The van der Waals surface area contributed by atoms with Gasteiger partial charge in [0.05, 0.1) is 5.69 Å². The van der Waals surface area contributed by atoms with Crippen LogP contribution in [-0.2, 0) is 6.54 Å². The zero-order chi connectivity index (χ0) is 8.27. The second kappa shape index (κ2) is 3.56. The van der Waals surface area contributed by atoms with E-state index in [2.05, 4.69) is 18.9 Å². The van der Waals surface area contributed by atoms with Gasteiger partial charge < -0.3 is 0 Å². The molecule has 0 N–H and O–H groups in total. The Morgan fingerprint density at radius 1 is 1.55 bits per heavy atom. The van der Waals surface area contributed by atoms with E-state index >= 15 is 0 Å². The van der Waals surface area contributed by atoms with Gasteiger partial charge >= 0.3 is 0 Å². The van der Waals surface area contributed by atoms with Crippen molar-refractivity contribution in [3.8, 4) is 0 Å². The molecule has 1 aromatic heterocycles. The first-order chi connectivity index (χ1) is 5.18. The zero-order valence-corrected chi connectivity index (χ0v) is 7.54. The summed E-state index contributed by atoms with van der Waals surface area (Å²) in [4.78, 5) is 0. The first kappa shape index (κ1) is 8.31. The lowest BCUT2D eigenvalue weighted by Crippen LogP contribution is -2.01. The first-order valence-electron chi connectivity index (χ1n) is 4.18. The molecule has 0 atom stereocenters.